The lowest BCUT2D eigenvalue weighted by molar-refractivity contribution is -0.147. The van der Waals surface area contributed by atoms with Crippen LogP contribution in [0.2, 0.25) is 0 Å². The third-order valence-electron chi connectivity index (χ3n) is 3.99. The highest BCUT2D eigenvalue weighted by atomic mass is 16.6. The molecule has 0 heterocycles. The van der Waals surface area contributed by atoms with Crippen molar-refractivity contribution in [1.29, 1.82) is 0 Å². The van der Waals surface area contributed by atoms with Crippen molar-refractivity contribution in [3.8, 4) is 0 Å². The van der Waals surface area contributed by atoms with E-state index in [2.05, 4.69) is 5.32 Å². The molecule has 2 aromatic carbocycles. The normalized spacial score (nSPS) is 11.9. The van der Waals surface area contributed by atoms with Crippen LogP contribution in [-0.4, -0.2) is 36.8 Å². The van der Waals surface area contributed by atoms with Gasteiger partial charge < -0.3 is 19.5 Å². The first-order valence-electron chi connectivity index (χ1n) is 9.55. The molecule has 0 aliphatic carbocycles. The van der Waals surface area contributed by atoms with Gasteiger partial charge in [-0.1, -0.05) is 42.5 Å². The number of carbonyl (C=O) groups excluding carboxylic acids is 3. The zero-order valence-electron chi connectivity index (χ0n) is 17.6. The fourth-order valence-electron chi connectivity index (χ4n) is 2.65. The number of benzene rings is 2. The summed E-state index contributed by atoms with van der Waals surface area (Å²) in [6.07, 6.45) is -0.606. The first kappa shape index (κ1) is 22.9. The number of rotatable bonds is 7. The number of methoxy groups -OCH3 is 1. The van der Waals surface area contributed by atoms with Crippen LogP contribution in [0.3, 0.4) is 0 Å². The zero-order valence-corrected chi connectivity index (χ0v) is 17.6. The minimum absolute atomic E-state index is 0.0778. The number of hydrogen-bond acceptors (Lipinski definition) is 6. The van der Waals surface area contributed by atoms with E-state index >= 15 is 0 Å². The molecule has 0 saturated carbocycles. The molecule has 0 aromatic heterocycles. The van der Waals surface area contributed by atoms with Crippen molar-refractivity contribution in [2.75, 3.05) is 7.11 Å². The molecule has 30 heavy (non-hydrogen) atoms. The van der Waals surface area contributed by atoms with Gasteiger partial charge in [0.1, 0.15) is 18.2 Å². The molecular formula is C23H27NO6. The SMILES string of the molecule is COC(=O)c1cccc(CC(NC(=O)OC(C)(C)C)C(=O)OCc2ccccc2)c1. The number of carbonyl (C=O) groups is 3. The van der Waals surface area contributed by atoms with Gasteiger partial charge in [-0.3, -0.25) is 0 Å². The third kappa shape index (κ3) is 7.58. The second-order valence-corrected chi connectivity index (χ2v) is 7.69. The lowest BCUT2D eigenvalue weighted by atomic mass is 10.0. The molecule has 7 heteroatoms. The van der Waals surface area contributed by atoms with Gasteiger partial charge in [0.15, 0.2) is 0 Å². The number of alkyl carbamates (subject to hydrolysis) is 1. The zero-order chi connectivity index (χ0) is 22.1. The van der Waals surface area contributed by atoms with Gasteiger partial charge in [0.2, 0.25) is 0 Å². The van der Waals surface area contributed by atoms with Crippen molar-refractivity contribution in [2.45, 2.75) is 45.4 Å². The van der Waals surface area contributed by atoms with Crippen molar-refractivity contribution < 1.29 is 28.6 Å². The Labute approximate surface area is 176 Å². The van der Waals surface area contributed by atoms with Gasteiger partial charge in [-0.2, -0.15) is 0 Å². The number of hydrogen-bond donors (Lipinski definition) is 1. The summed E-state index contributed by atoms with van der Waals surface area (Å²) >= 11 is 0. The molecule has 0 spiro atoms. The Balaban J connectivity index is 2.14. The van der Waals surface area contributed by atoms with Crippen LogP contribution in [-0.2, 0) is 32.0 Å². The molecule has 0 radical (unpaired) electrons. The number of ether oxygens (including phenoxy) is 3. The van der Waals surface area contributed by atoms with Crippen LogP contribution in [0.15, 0.2) is 54.6 Å². The second kappa shape index (κ2) is 10.4. The molecule has 2 rings (SSSR count). The Morgan fingerprint density at radius 2 is 1.63 bits per heavy atom. The summed E-state index contributed by atoms with van der Waals surface area (Å²) in [6, 6.07) is 14.9. The van der Waals surface area contributed by atoms with Crippen LogP contribution < -0.4 is 5.32 Å². The van der Waals surface area contributed by atoms with E-state index in [9.17, 15) is 14.4 Å². The van der Waals surface area contributed by atoms with E-state index < -0.39 is 29.7 Å². The average Bonchev–Trinajstić information content (AvgIpc) is 2.70. The summed E-state index contributed by atoms with van der Waals surface area (Å²) in [5.74, 6) is -1.09. The number of amides is 1. The summed E-state index contributed by atoms with van der Waals surface area (Å²) in [5, 5.41) is 2.57. The monoisotopic (exact) mass is 413 g/mol. The van der Waals surface area contributed by atoms with E-state index in [0.717, 1.165) is 5.56 Å². The van der Waals surface area contributed by atoms with Gasteiger partial charge in [0.05, 0.1) is 12.7 Å². The van der Waals surface area contributed by atoms with E-state index in [1.54, 1.807) is 45.0 Å². The summed E-state index contributed by atoms with van der Waals surface area (Å²) < 4.78 is 15.4. The predicted molar refractivity (Wildman–Crippen MR) is 111 cm³/mol. The van der Waals surface area contributed by atoms with Gasteiger partial charge in [-0.05, 0) is 44.0 Å². The lowest BCUT2D eigenvalue weighted by Gasteiger charge is -2.23. The second-order valence-electron chi connectivity index (χ2n) is 7.69. The molecule has 0 aliphatic heterocycles. The Hall–Kier alpha value is -3.35. The maximum absolute atomic E-state index is 12.7. The van der Waals surface area contributed by atoms with E-state index in [4.69, 9.17) is 14.2 Å². The average molecular weight is 413 g/mol. The van der Waals surface area contributed by atoms with Crippen LogP contribution >= 0.6 is 0 Å². The van der Waals surface area contributed by atoms with E-state index in [1.165, 1.54) is 7.11 Å². The molecule has 1 unspecified atom stereocenters. The van der Waals surface area contributed by atoms with Crippen LogP contribution in [0.25, 0.3) is 0 Å². The van der Waals surface area contributed by atoms with Crippen molar-refractivity contribution in [3.05, 3.63) is 71.3 Å². The van der Waals surface area contributed by atoms with Crippen LogP contribution in [0, 0.1) is 0 Å². The molecular weight excluding hydrogens is 386 g/mol. The lowest BCUT2D eigenvalue weighted by Crippen LogP contribution is -2.45. The predicted octanol–water partition coefficient (Wildman–Crippen LogP) is 3.65. The molecule has 1 N–H and O–H groups in total. The minimum Gasteiger partial charge on any atom is -0.465 e. The van der Waals surface area contributed by atoms with Gasteiger partial charge in [-0.15, -0.1) is 0 Å². The number of nitrogens with one attached hydrogen (secondary N) is 1. The van der Waals surface area contributed by atoms with Crippen molar-refractivity contribution in [2.24, 2.45) is 0 Å². The van der Waals surface area contributed by atoms with Crippen LogP contribution in [0.5, 0.6) is 0 Å². The van der Waals surface area contributed by atoms with E-state index in [0.29, 0.717) is 11.1 Å². The largest absolute Gasteiger partial charge is 0.465 e. The Morgan fingerprint density at radius 3 is 2.27 bits per heavy atom. The highest BCUT2D eigenvalue weighted by Gasteiger charge is 2.26. The summed E-state index contributed by atoms with van der Waals surface area (Å²) in [5.41, 5.74) is 1.13. The summed E-state index contributed by atoms with van der Waals surface area (Å²) in [6.45, 7) is 5.27. The van der Waals surface area contributed by atoms with Gasteiger partial charge in [0, 0.05) is 6.42 Å². The highest BCUT2D eigenvalue weighted by Crippen LogP contribution is 2.12. The third-order valence-corrected chi connectivity index (χ3v) is 3.99. The highest BCUT2D eigenvalue weighted by molar-refractivity contribution is 5.89. The standard InChI is InChI=1S/C23H27NO6/c1-23(2,3)30-22(27)24-19(21(26)29-15-16-9-6-5-7-10-16)14-17-11-8-12-18(13-17)20(25)28-4/h5-13,19H,14-15H2,1-4H3,(H,24,27). The molecule has 1 atom stereocenters. The molecule has 0 saturated heterocycles. The molecule has 2 aromatic rings. The number of esters is 2. The molecule has 1 amide bonds. The van der Waals surface area contributed by atoms with Crippen molar-refractivity contribution in [1.82, 2.24) is 5.32 Å². The Bertz CT molecular complexity index is 873. The molecule has 7 nitrogen and oxygen atoms in total. The Kier molecular flexibility index (Phi) is 7.98. The van der Waals surface area contributed by atoms with Crippen LogP contribution in [0.4, 0.5) is 4.79 Å². The van der Waals surface area contributed by atoms with Crippen molar-refractivity contribution in [3.63, 3.8) is 0 Å². The van der Waals surface area contributed by atoms with E-state index in [-0.39, 0.29) is 13.0 Å². The first-order valence-corrected chi connectivity index (χ1v) is 9.55. The Morgan fingerprint density at radius 1 is 0.967 bits per heavy atom. The smallest absolute Gasteiger partial charge is 0.408 e. The van der Waals surface area contributed by atoms with Crippen LogP contribution in [0.1, 0.15) is 42.3 Å². The summed E-state index contributed by atoms with van der Waals surface area (Å²) in [4.78, 5) is 36.7. The molecule has 160 valence electrons. The minimum atomic E-state index is -0.989. The van der Waals surface area contributed by atoms with Gasteiger partial charge in [-0.25, -0.2) is 14.4 Å². The van der Waals surface area contributed by atoms with Crippen molar-refractivity contribution >= 4 is 18.0 Å². The molecule has 0 fully saturated rings. The van der Waals surface area contributed by atoms with Gasteiger partial charge in [0.25, 0.3) is 0 Å². The maximum Gasteiger partial charge on any atom is 0.408 e. The maximum atomic E-state index is 12.7. The first-order chi connectivity index (χ1) is 14.2. The fourth-order valence-corrected chi connectivity index (χ4v) is 2.65. The van der Waals surface area contributed by atoms with E-state index in [1.807, 2.05) is 30.3 Å². The topological polar surface area (TPSA) is 90.9 Å². The molecule has 0 aliphatic rings. The summed E-state index contributed by atoms with van der Waals surface area (Å²) in [7, 11) is 1.29. The van der Waals surface area contributed by atoms with Gasteiger partial charge >= 0.3 is 18.0 Å². The fraction of sp³-hybridized carbons (Fsp3) is 0.348. The molecule has 0 bridgehead atoms. The quantitative estimate of drug-likeness (QED) is 0.550.